The SMILES string of the molecule is C=C/C(=C\C(C)=C/C)C(CC)(CO)OC. The predicted molar refractivity (Wildman–Crippen MR) is 64.8 cm³/mol. The summed E-state index contributed by atoms with van der Waals surface area (Å²) in [5, 5.41) is 9.43. The van der Waals surface area contributed by atoms with Crippen molar-refractivity contribution in [2.75, 3.05) is 13.7 Å². The fourth-order valence-electron chi connectivity index (χ4n) is 1.44. The Morgan fingerprint density at radius 2 is 2.13 bits per heavy atom. The van der Waals surface area contributed by atoms with E-state index in [4.69, 9.17) is 4.74 Å². The van der Waals surface area contributed by atoms with Gasteiger partial charge in [-0.25, -0.2) is 0 Å². The van der Waals surface area contributed by atoms with Crippen LogP contribution in [0.1, 0.15) is 27.2 Å². The van der Waals surface area contributed by atoms with Crippen molar-refractivity contribution in [3.05, 3.63) is 36.0 Å². The van der Waals surface area contributed by atoms with Crippen molar-refractivity contribution in [1.82, 2.24) is 0 Å². The highest BCUT2D eigenvalue weighted by atomic mass is 16.5. The fraction of sp³-hybridized carbons (Fsp3) is 0.538. The number of hydrogen-bond donors (Lipinski definition) is 1. The van der Waals surface area contributed by atoms with E-state index < -0.39 is 5.60 Å². The third-order valence-electron chi connectivity index (χ3n) is 2.80. The van der Waals surface area contributed by atoms with Crippen molar-refractivity contribution < 1.29 is 9.84 Å². The third kappa shape index (κ3) is 3.33. The first-order chi connectivity index (χ1) is 7.10. The Morgan fingerprint density at radius 1 is 1.53 bits per heavy atom. The maximum absolute atomic E-state index is 9.43. The summed E-state index contributed by atoms with van der Waals surface area (Å²) in [6.45, 7) is 9.72. The standard InChI is InChI=1S/C13H22O2/c1-6-11(4)9-12(7-2)13(8-3,10-14)15-5/h6-7,9,14H,2,8,10H2,1,3-5H3/b11-6-,12-9+. The lowest BCUT2D eigenvalue weighted by molar-refractivity contribution is -0.0230. The van der Waals surface area contributed by atoms with Crippen molar-refractivity contribution in [3.63, 3.8) is 0 Å². The Kier molecular flexibility index (Phi) is 6.21. The van der Waals surface area contributed by atoms with Crippen LogP contribution in [0.5, 0.6) is 0 Å². The van der Waals surface area contributed by atoms with E-state index in [1.165, 1.54) is 0 Å². The first-order valence-corrected chi connectivity index (χ1v) is 5.23. The van der Waals surface area contributed by atoms with Crippen LogP contribution < -0.4 is 0 Å². The van der Waals surface area contributed by atoms with Crippen molar-refractivity contribution >= 4 is 0 Å². The maximum Gasteiger partial charge on any atom is 0.115 e. The molecule has 0 aliphatic rings. The second kappa shape index (κ2) is 6.59. The number of allylic oxidation sites excluding steroid dienone is 3. The van der Waals surface area contributed by atoms with Gasteiger partial charge in [0.05, 0.1) is 6.61 Å². The molecule has 86 valence electrons. The van der Waals surface area contributed by atoms with Gasteiger partial charge in [0.15, 0.2) is 0 Å². The molecule has 2 nitrogen and oxygen atoms in total. The zero-order valence-corrected chi connectivity index (χ0v) is 10.2. The molecule has 15 heavy (non-hydrogen) atoms. The Morgan fingerprint density at radius 3 is 2.40 bits per heavy atom. The van der Waals surface area contributed by atoms with E-state index in [1.807, 2.05) is 32.9 Å². The molecular weight excluding hydrogens is 188 g/mol. The Bertz CT molecular complexity index is 249. The number of rotatable bonds is 6. The number of ether oxygens (including phenoxy) is 1. The smallest absolute Gasteiger partial charge is 0.115 e. The maximum atomic E-state index is 9.43. The number of aliphatic hydroxyl groups is 1. The molecular formula is C13H22O2. The second-order valence-corrected chi connectivity index (χ2v) is 3.55. The van der Waals surface area contributed by atoms with E-state index in [0.29, 0.717) is 0 Å². The lowest BCUT2D eigenvalue weighted by atomic mass is 9.90. The average molecular weight is 210 g/mol. The van der Waals surface area contributed by atoms with Crippen LogP contribution in [0.15, 0.2) is 36.0 Å². The molecule has 0 heterocycles. The zero-order chi connectivity index (χ0) is 11.9. The Balaban J connectivity index is 5.24. The van der Waals surface area contributed by atoms with Gasteiger partial charge in [0, 0.05) is 7.11 Å². The van der Waals surface area contributed by atoms with Gasteiger partial charge in [-0.1, -0.05) is 37.3 Å². The molecule has 0 saturated heterocycles. The summed E-state index contributed by atoms with van der Waals surface area (Å²) in [6.07, 6.45) is 6.47. The third-order valence-corrected chi connectivity index (χ3v) is 2.80. The minimum absolute atomic E-state index is 0.0329. The summed E-state index contributed by atoms with van der Waals surface area (Å²) >= 11 is 0. The lowest BCUT2D eigenvalue weighted by Crippen LogP contribution is -2.36. The molecule has 0 aliphatic carbocycles. The summed E-state index contributed by atoms with van der Waals surface area (Å²) in [7, 11) is 1.61. The minimum Gasteiger partial charge on any atom is -0.393 e. The Hall–Kier alpha value is -0.860. The number of aliphatic hydroxyl groups excluding tert-OH is 1. The first kappa shape index (κ1) is 14.1. The molecule has 0 aromatic carbocycles. The van der Waals surface area contributed by atoms with Gasteiger partial charge in [0.1, 0.15) is 5.60 Å². The molecule has 0 radical (unpaired) electrons. The van der Waals surface area contributed by atoms with Crippen molar-refractivity contribution in [3.8, 4) is 0 Å². The molecule has 1 N–H and O–H groups in total. The van der Waals surface area contributed by atoms with Crippen LogP contribution in [0.3, 0.4) is 0 Å². The van der Waals surface area contributed by atoms with Crippen molar-refractivity contribution in [2.24, 2.45) is 0 Å². The molecule has 0 amide bonds. The summed E-state index contributed by atoms with van der Waals surface area (Å²) in [5.41, 5.74) is 1.44. The van der Waals surface area contributed by atoms with Gasteiger partial charge in [0.25, 0.3) is 0 Å². The molecule has 0 bridgehead atoms. The average Bonchev–Trinajstić information content (AvgIpc) is 2.29. The van der Waals surface area contributed by atoms with Crippen LogP contribution >= 0.6 is 0 Å². The van der Waals surface area contributed by atoms with E-state index in [0.717, 1.165) is 17.6 Å². The van der Waals surface area contributed by atoms with E-state index in [1.54, 1.807) is 13.2 Å². The molecule has 0 fully saturated rings. The van der Waals surface area contributed by atoms with Crippen molar-refractivity contribution in [2.45, 2.75) is 32.8 Å². The lowest BCUT2D eigenvalue weighted by Gasteiger charge is -2.30. The van der Waals surface area contributed by atoms with Crippen LogP contribution in [0.2, 0.25) is 0 Å². The number of methoxy groups -OCH3 is 1. The topological polar surface area (TPSA) is 29.5 Å². The van der Waals surface area contributed by atoms with Gasteiger partial charge in [-0.15, -0.1) is 0 Å². The molecule has 0 aromatic rings. The van der Waals surface area contributed by atoms with Gasteiger partial charge in [-0.2, -0.15) is 0 Å². The highest BCUT2D eigenvalue weighted by molar-refractivity contribution is 5.35. The summed E-state index contributed by atoms with van der Waals surface area (Å²) < 4.78 is 5.42. The van der Waals surface area contributed by atoms with Gasteiger partial charge >= 0.3 is 0 Å². The van der Waals surface area contributed by atoms with Crippen molar-refractivity contribution in [1.29, 1.82) is 0 Å². The normalized spacial score (nSPS) is 17.4. The largest absolute Gasteiger partial charge is 0.393 e. The van der Waals surface area contributed by atoms with Crippen LogP contribution in [0, 0.1) is 0 Å². The molecule has 0 rings (SSSR count). The zero-order valence-electron chi connectivity index (χ0n) is 10.2. The first-order valence-electron chi connectivity index (χ1n) is 5.23. The summed E-state index contributed by atoms with van der Waals surface area (Å²) in [5.74, 6) is 0. The van der Waals surface area contributed by atoms with Gasteiger partial charge in [-0.05, 0) is 25.8 Å². The number of hydrogen-bond acceptors (Lipinski definition) is 2. The molecule has 2 heteroatoms. The van der Waals surface area contributed by atoms with Gasteiger partial charge < -0.3 is 9.84 Å². The van der Waals surface area contributed by atoms with E-state index in [2.05, 4.69) is 6.58 Å². The van der Waals surface area contributed by atoms with E-state index in [9.17, 15) is 5.11 Å². The summed E-state index contributed by atoms with van der Waals surface area (Å²) in [4.78, 5) is 0. The second-order valence-electron chi connectivity index (χ2n) is 3.55. The molecule has 0 aliphatic heterocycles. The molecule has 0 aromatic heterocycles. The highest BCUT2D eigenvalue weighted by Gasteiger charge is 2.29. The van der Waals surface area contributed by atoms with Crippen LogP contribution in [-0.2, 0) is 4.74 Å². The minimum atomic E-state index is -0.619. The molecule has 0 saturated carbocycles. The van der Waals surface area contributed by atoms with E-state index >= 15 is 0 Å². The molecule has 1 unspecified atom stereocenters. The molecule has 1 atom stereocenters. The fourth-order valence-corrected chi connectivity index (χ4v) is 1.44. The monoisotopic (exact) mass is 210 g/mol. The van der Waals surface area contributed by atoms with Gasteiger partial charge in [-0.3, -0.25) is 0 Å². The quantitative estimate of drug-likeness (QED) is 0.683. The molecule has 0 spiro atoms. The summed E-state index contributed by atoms with van der Waals surface area (Å²) in [6, 6.07) is 0. The predicted octanol–water partition coefficient (Wildman–Crippen LogP) is 2.85. The van der Waals surface area contributed by atoms with E-state index in [-0.39, 0.29) is 6.61 Å². The van der Waals surface area contributed by atoms with Crippen LogP contribution in [0.25, 0.3) is 0 Å². The Labute approximate surface area is 93.0 Å². The van der Waals surface area contributed by atoms with Crippen LogP contribution in [0.4, 0.5) is 0 Å². The van der Waals surface area contributed by atoms with Crippen LogP contribution in [-0.4, -0.2) is 24.4 Å². The highest BCUT2D eigenvalue weighted by Crippen LogP contribution is 2.26. The van der Waals surface area contributed by atoms with Gasteiger partial charge in [0.2, 0.25) is 0 Å².